The molecule has 3 aromatic rings. The molecule has 8 heteroatoms. The molecule has 0 spiro atoms. The second-order valence-corrected chi connectivity index (χ2v) is 10.2. The van der Waals surface area contributed by atoms with E-state index in [4.69, 9.17) is 0 Å². The molecular weight excluding hydrogens is 446 g/mol. The van der Waals surface area contributed by atoms with Crippen LogP contribution in [0.15, 0.2) is 88.8 Å². The van der Waals surface area contributed by atoms with Crippen molar-refractivity contribution in [2.45, 2.75) is 24.8 Å². The van der Waals surface area contributed by atoms with E-state index < -0.39 is 16.1 Å². The predicted octanol–water partition coefficient (Wildman–Crippen LogP) is 4.30. The third-order valence-electron chi connectivity index (χ3n) is 5.99. The highest BCUT2D eigenvalue weighted by atomic mass is 32.2. The highest BCUT2D eigenvalue weighted by Crippen LogP contribution is 2.32. The fraction of sp³-hybridized carbons (Fsp3) is 0.231. The van der Waals surface area contributed by atoms with Crippen LogP contribution in [0, 0.1) is 25.3 Å². The van der Waals surface area contributed by atoms with E-state index in [-0.39, 0.29) is 11.4 Å². The van der Waals surface area contributed by atoms with Gasteiger partial charge in [0.2, 0.25) is 22.2 Å². The molecule has 7 nitrogen and oxygen atoms in total. The van der Waals surface area contributed by atoms with Crippen molar-refractivity contribution >= 4 is 21.7 Å². The first-order chi connectivity index (χ1) is 16.4. The molecule has 1 unspecified atom stereocenters. The number of hydrogen-bond donors (Lipinski definition) is 1. The quantitative estimate of drug-likeness (QED) is 0.347. The summed E-state index contributed by atoms with van der Waals surface area (Å²) >= 11 is 0. The number of sulfonamides is 1. The van der Waals surface area contributed by atoms with Crippen molar-refractivity contribution in [3.05, 3.63) is 95.6 Å². The van der Waals surface area contributed by atoms with Crippen molar-refractivity contribution in [2.75, 3.05) is 25.0 Å². The van der Waals surface area contributed by atoms with Gasteiger partial charge in [0.15, 0.2) is 0 Å². The van der Waals surface area contributed by atoms with Crippen molar-refractivity contribution < 1.29 is 8.42 Å². The maximum Gasteiger partial charge on any atom is 0.243 e. The summed E-state index contributed by atoms with van der Waals surface area (Å²) in [6.07, 6.45) is 1.88. The largest absolute Gasteiger partial charge is 0.339 e. The summed E-state index contributed by atoms with van der Waals surface area (Å²) in [6, 6.07) is 23.8. The number of hydrogen-bond acceptors (Lipinski definition) is 4. The summed E-state index contributed by atoms with van der Waals surface area (Å²) in [5.41, 5.74) is 3.76. The fourth-order valence-electron chi connectivity index (χ4n) is 4.10. The van der Waals surface area contributed by atoms with E-state index in [1.165, 1.54) is 0 Å². The summed E-state index contributed by atoms with van der Waals surface area (Å²) in [7, 11) is -3.72. The van der Waals surface area contributed by atoms with Crippen LogP contribution in [0.25, 0.3) is 0 Å². The van der Waals surface area contributed by atoms with E-state index in [9.17, 15) is 13.7 Å². The molecule has 1 heterocycles. The SMILES string of the molecule is Cc1ccc(S(=O)(=O)N2CCN(/C(=N\C#N)Nc3ccccc3C)CC2c2ccccc2)cc1. The number of rotatable bonds is 4. The topological polar surface area (TPSA) is 88.8 Å². The Kier molecular flexibility index (Phi) is 6.96. The summed E-state index contributed by atoms with van der Waals surface area (Å²) in [5, 5.41) is 12.6. The first-order valence-corrected chi connectivity index (χ1v) is 12.5. The maximum absolute atomic E-state index is 13.6. The molecule has 174 valence electrons. The molecule has 4 rings (SSSR count). The summed E-state index contributed by atoms with van der Waals surface area (Å²) in [6.45, 7) is 4.92. The molecule has 1 saturated heterocycles. The van der Waals surface area contributed by atoms with E-state index >= 15 is 0 Å². The van der Waals surface area contributed by atoms with E-state index in [2.05, 4.69) is 10.3 Å². The van der Waals surface area contributed by atoms with Crippen molar-refractivity contribution in [1.82, 2.24) is 9.21 Å². The van der Waals surface area contributed by atoms with E-state index in [0.717, 1.165) is 22.4 Å². The number of piperazine rings is 1. The van der Waals surface area contributed by atoms with Crippen molar-refractivity contribution in [3.63, 3.8) is 0 Å². The predicted molar refractivity (Wildman–Crippen MR) is 134 cm³/mol. The maximum atomic E-state index is 13.6. The van der Waals surface area contributed by atoms with Gasteiger partial charge < -0.3 is 10.2 Å². The minimum Gasteiger partial charge on any atom is -0.339 e. The van der Waals surface area contributed by atoms with Crippen LogP contribution in [0.4, 0.5) is 5.69 Å². The van der Waals surface area contributed by atoms with Gasteiger partial charge in [0.25, 0.3) is 0 Å². The Morgan fingerprint density at radius 1 is 0.971 bits per heavy atom. The molecule has 34 heavy (non-hydrogen) atoms. The first-order valence-electron chi connectivity index (χ1n) is 11.1. The van der Waals surface area contributed by atoms with Crippen molar-refractivity contribution in [1.29, 1.82) is 5.26 Å². The van der Waals surface area contributed by atoms with Crippen LogP contribution in [0.5, 0.6) is 0 Å². The molecule has 0 amide bonds. The number of nitrogens with zero attached hydrogens (tertiary/aromatic N) is 4. The summed E-state index contributed by atoms with van der Waals surface area (Å²) in [4.78, 5) is 6.25. The molecule has 1 N–H and O–H groups in total. The zero-order valence-electron chi connectivity index (χ0n) is 19.2. The average molecular weight is 474 g/mol. The normalized spacial score (nSPS) is 17.3. The molecule has 0 aromatic heterocycles. The van der Waals surface area contributed by atoms with Gasteiger partial charge in [-0.1, -0.05) is 66.2 Å². The molecule has 1 fully saturated rings. The Bertz CT molecular complexity index is 1320. The molecule has 0 bridgehead atoms. The number of nitrogens with one attached hydrogen (secondary N) is 1. The molecule has 0 radical (unpaired) electrons. The standard InChI is InChI=1S/C26H27N5O2S/c1-20-12-14-23(15-13-20)34(32,33)31-17-16-30(18-25(31)22-9-4-3-5-10-22)26(28-19-27)29-24-11-7-6-8-21(24)2/h3-15,25H,16-18H2,1-2H3,(H,28,29). The van der Waals surface area contributed by atoms with Crippen LogP contribution >= 0.6 is 0 Å². The fourth-order valence-corrected chi connectivity index (χ4v) is 5.69. The lowest BCUT2D eigenvalue weighted by atomic mass is 10.0. The highest BCUT2D eigenvalue weighted by Gasteiger charge is 2.38. The lowest BCUT2D eigenvalue weighted by Crippen LogP contribution is -2.53. The van der Waals surface area contributed by atoms with Crippen LogP contribution in [-0.2, 0) is 10.0 Å². The molecular formula is C26H27N5O2S. The molecule has 1 aliphatic heterocycles. The van der Waals surface area contributed by atoms with Gasteiger partial charge in [-0.3, -0.25) is 0 Å². The molecule has 0 saturated carbocycles. The van der Waals surface area contributed by atoms with Crippen LogP contribution in [-0.4, -0.2) is 43.2 Å². The van der Waals surface area contributed by atoms with Crippen molar-refractivity contribution in [3.8, 4) is 6.19 Å². The summed E-state index contributed by atoms with van der Waals surface area (Å²) in [5.74, 6) is 0.408. The first kappa shape index (κ1) is 23.5. The monoisotopic (exact) mass is 473 g/mol. The van der Waals surface area contributed by atoms with Gasteiger partial charge in [0.1, 0.15) is 0 Å². The Labute approximate surface area is 201 Å². The highest BCUT2D eigenvalue weighted by molar-refractivity contribution is 7.89. The van der Waals surface area contributed by atoms with Gasteiger partial charge in [0, 0.05) is 25.3 Å². The third-order valence-corrected chi connectivity index (χ3v) is 7.91. The van der Waals surface area contributed by atoms with Gasteiger partial charge in [0.05, 0.1) is 10.9 Å². The van der Waals surface area contributed by atoms with Crippen LogP contribution in [0.3, 0.4) is 0 Å². The number of aliphatic imine (C=N–C) groups is 1. The number of guanidine groups is 1. The smallest absolute Gasteiger partial charge is 0.243 e. The number of nitriles is 1. The van der Waals surface area contributed by atoms with Gasteiger partial charge in [-0.25, -0.2) is 8.42 Å². The van der Waals surface area contributed by atoms with E-state index in [1.54, 1.807) is 16.4 Å². The van der Waals surface area contributed by atoms with Crippen LogP contribution in [0.1, 0.15) is 22.7 Å². The third kappa shape index (κ3) is 4.96. The Hall–Kier alpha value is -3.67. The zero-order valence-corrected chi connectivity index (χ0v) is 20.0. The average Bonchev–Trinajstić information content (AvgIpc) is 2.85. The van der Waals surface area contributed by atoms with Crippen molar-refractivity contribution in [2.24, 2.45) is 4.99 Å². The number of benzene rings is 3. The number of para-hydroxylation sites is 1. The molecule has 0 aliphatic carbocycles. The van der Waals surface area contributed by atoms with E-state index in [1.807, 2.05) is 91.7 Å². The second kappa shape index (κ2) is 10.1. The van der Waals surface area contributed by atoms with Gasteiger partial charge >= 0.3 is 0 Å². The van der Waals surface area contributed by atoms with Gasteiger partial charge in [-0.05, 0) is 43.2 Å². The Morgan fingerprint density at radius 2 is 1.65 bits per heavy atom. The Balaban J connectivity index is 1.68. The number of aryl methyl sites for hydroxylation is 2. The summed E-state index contributed by atoms with van der Waals surface area (Å²) < 4.78 is 28.8. The van der Waals surface area contributed by atoms with Gasteiger partial charge in [-0.2, -0.15) is 9.57 Å². The van der Waals surface area contributed by atoms with Gasteiger partial charge in [-0.15, -0.1) is 4.99 Å². The minimum absolute atomic E-state index is 0.260. The zero-order chi connectivity index (χ0) is 24.1. The Morgan fingerprint density at radius 3 is 2.32 bits per heavy atom. The van der Waals surface area contributed by atoms with Crippen LogP contribution in [0.2, 0.25) is 0 Å². The molecule has 3 aromatic carbocycles. The molecule has 1 atom stereocenters. The van der Waals surface area contributed by atoms with Crippen LogP contribution < -0.4 is 5.32 Å². The minimum atomic E-state index is -3.72. The van der Waals surface area contributed by atoms with E-state index in [0.29, 0.717) is 19.0 Å². The lowest BCUT2D eigenvalue weighted by Gasteiger charge is -2.41. The second-order valence-electron chi connectivity index (χ2n) is 8.28. The molecule has 1 aliphatic rings. The number of anilines is 1. The lowest BCUT2D eigenvalue weighted by molar-refractivity contribution is 0.194.